The van der Waals surface area contributed by atoms with Crippen molar-refractivity contribution in [3.63, 3.8) is 0 Å². The van der Waals surface area contributed by atoms with Gasteiger partial charge in [-0.25, -0.2) is 4.39 Å². The standard InChI is InChI=1S/C9H12FNO2/c1-13-9-4-6(12)2-3-7(9)8(11)5-10/h2-4,8,12H,5,11H2,1H3/t8-/m0/s1. The number of benzene rings is 1. The first kappa shape index (κ1) is 9.80. The summed E-state index contributed by atoms with van der Waals surface area (Å²) in [5.41, 5.74) is 6.04. The van der Waals surface area contributed by atoms with E-state index in [1.54, 1.807) is 6.07 Å². The molecule has 1 aromatic rings. The first-order valence-electron chi connectivity index (χ1n) is 3.87. The van der Waals surface area contributed by atoms with Crippen LogP contribution in [-0.4, -0.2) is 18.9 Å². The second-order valence-corrected chi connectivity index (χ2v) is 2.69. The Morgan fingerprint density at radius 2 is 2.31 bits per heavy atom. The Kier molecular flexibility index (Phi) is 3.08. The van der Waals surface area contributed by atoms with Gasteiger partial charge in [-0.2, -0.15) is 0 Å². The minimum Gasteiger partial charge on any atom is -0.508 e. The number of methoxy groups -OCH3 is 1. The fourth-order valence-electron chi connectivity index (χ4n) is 1.09. The molecule has 0 radical (unpaired) electrons. The molecule has 0 aliphatic rings. The Morgan fingerprint density at radius 1 is 1.62 bits per heavy atom. The number of hydrogen-bond acceptors (Lipinski definition) is 3. The maximum Gasteiger partial charge on any atom is 0.127 e. The lowest BCUT2D eigenvalue weighted by molar-refractivity contribution is 0.384. The molecule has 0 fully saturated rings. The predicted octanol–water partition coefficient (Wildman–Crippen LogP) is 1.37. The zero-order valence-electron chi connectivity index (χ0n) is 7.33. The molecule has 0 unspecified atom stereocenters. The van der Waals surface area contributed by atoms with E-state index in [2.05, 4.69) is 0 Å². The minimum atomic E-state index is -0.699. The van der Waals surface area contributed by atoms with Crippen LogP contribution in [0.3, 0.4) is 0 Å². The van der Waals surface area contributed by atoms with Gasteiger partial charge in [-0.05, 0) is 12.1 Å². The molecule has 3 nitrogen and oxygen atoms in total. The number of halogens is 1. The average molecular weight is 185 g/mol. The lowest BCUT2D eigenvalue weighted by atomic mass is 10.1. The molecule has 0 saturated heterocycles. The minimum absolute atomic E-state index is 0.0756. The van der Waals surface area contributed by atoms with Crippen molar-refractivity contribution in [1.29, 1.82) is 0 Å². The monoisotopic (exact) mass is 185 g/mol. The van der Waals surface area contributed by atoms with Crippen molar-refractivity contribution in [3.05, 3.63) is 23.8 Å². The Hall–Kier alpha value is -1.29. The predicted molar refractivity (Wildman–Crippen MR) is 47.6 cm³/mol. The van der Waals surface area contributed by atoms with Gasteiger partial charge in [0, 0.05) is 11.6 Å². The van der Waals surface area contributed by atoms with E-state index in [0.717, 1.165) is 0 Å². The third-order valence-corrected chi connectivity index (χ3v) is 1.78. The molecule has 0 aliphatic carbocycles. The molecule has 0 bridgehead atoms. The summed E-state index contributed by atoms with van der Waals surface area (Å²) in [7, 11) is 1.45. The van der Waals surface area contributed by atoms with Crippen molar-refractivity contribution in [2.75, 3.05) is 13.8 Å². The zero-order chi connectivity index (χ0) is 9.84. The molecule has 0 spiro atoms. The molecule has 1 rings (SSSR count). The van der Waals surface area contributed by atoms with Crippen molar-refractivity contribution in [1.82, 2.24) is 0 Å². The fraction of sp³-hybridized carbons (Fsp3) is 0.333. The first-order chi connectivity index (χ1) is 6.19. The van der Waals surface area contributed by atoms with Crippen LogP contribution >= 0.6 is 0 Å². The van der Waals surface area contributed by atoms with Gasteiger partial charge in [0.25, 0.3) is 0 Å². The summed E-state index contributed by atoms with van der Waals surface area (Å²) < 4.78 is 17.2. The third kappa shape index (κ3) is 2.09. The molecule has 4 heteroatoms. The largest absolute Gasteiger partial charge is 0.508 e. The van der Waals surface area contributed by atoms with Crippen molar-refractivity contribution in [3.8, 4) is 11.5 Å². The molecule has 72 valence electrons. The highest BCUT2D eigenvalue weighted by molar-refractivity contribution is 5.41. The number of phenols is 1. The van der Waals surface area contributed by atoms with Gasteiger partial charge in [-0.1, -0.05) is 0 Å². The van der Waals surface area contributed by atoms with Crippen LogP contribution in [0.4, 0.5) is 4.39 Å². The van der Waals surface area contributed by atoms with Crippen LogP contribution < -0.4 is 10.5 Å². The van der Waals surface area contributed by atoms with Gasteiger partial charge in [-0.15, -0.1) is 0 Å². The van der Waals surface area contributed by atoms with E-state index in [-0.39, 0.29) is 5.75 Å². The van der Waals surface area contributed by atoms with Crippen LogP contribution in [0.5, 0.6) is 11.5 Å². The average Bonchev–Trinajstić information content (AvgIpc) is 2.16. The van der Waals surface area contributed by atoms with Crippen molar-refractivity contribution < 1.29 is 14.2 Å². The summed E-state index contributed by atoms with van der Waals surface area (Å²) in [5.74, 6) is 0.483. The van der Waals surface area contributed by atoms with E-state index in [9.17, 15) is 4.39 Å². The van der Waals surface area contributed by atoms with Crippen molar-refractivity contribution in [2.24, 2.45) is 5.73 Å². The van der Waals surface area contributed by atoms with Gasteiger partial charge < -0.3 is 15.6 Å². The second-order valence-electron chi connectivity index (χ2n) is 2.69. The number of alkyl halides is 1. The van der Waals surface area contributed by atoms with Gasteiger partial charge in [0.05, 0.1) is 13.2 Å². The number of phenolic OH excluding ortho intramolecular Hbond substituents is 1. The van der Waals surface area contributed by atoms with Crippen LogP contribution in [0.15, 0.2) is 18.2 Å². The smallest absolute Gasteiger partial charge is 0.127 e. The lowest BCUT2D eigenvalue weighted by Crippen LogP contribution is -2.13. The van der Waals surface area contributed by atoms with Gasteiger partial charge in [-0.3, -0.25) is 0 Å². The topological polar surface area (TPSA) is 55.5 Å². The Balaban J connectivity index is 3.05. The Labute approximate surface area is 75.9 Å². The van der Waals surface area contributed by atoms with Crippen LogP contribution in [0.2, 0.25) is 0 Å². The van der Waals surface area contributed by atoms with Gasteiger partial charge in [0.2, 0.25) is 0 Å². The molecule has 0 heterocycles. The number of hydrogen-bond donors (Lipinski definition) is 2. The lowest BCUT2D eigenvalue weighted by Gasteiger charge is -2.12. The number of nitrogens with two attached hydrogens (primary N) is 1. The first-order valence-corrected chi connectivity index (χ1v) is 3.87. The van der Waals surface area contributed by atoms with E-state index in [1.165, 1.54) is 19.2 Å². The maximum absolute atomic E-state index is 12.2. The highest BCUT2D eigenvalue weighted by atomic mass is 19.1. The normalized spacial score (nSPS) is 12.5. The molecule has 1 aromatic carbocycles. The van der Waals surface area contributed by atoms with Gasteiger partial charge in [0.15, 0.2) is 0 Å². The number of rotatable bonds is 3. The van der Waals surface area contributed by atoms with Gasteiger partial charge >= 0.3 is 0 Å². The van der Waals surface area contributed by atoms with E-state index >= 15 is 0 Å². The molecule has 13 heavy (non-hydrogen) atoms. The molecule has 3 N–H and O–H groups in total. The second kappa shape index (κ2) is 4.09. The highest BCUT2D eigenvalue weighted by Gasteiger charge is 2.11. The maximum atomic E-state index is 12.2. The Morgan fingerprint density at radius 3 is 2.85 bits per heavy atom. The van der Waals surface area contributed by atoms with E-state index < -0.39 is 12.7 Å². The summed E-state index contributed by atoms with van der Waals surface area (Å²) in [4.78, 5) is 0. The SMILES string of the molecule is COc1cc(O)ccc1[C@@H](N)CF. The molecular weight excluding hydrogens is 173 g/mol. The summed E-state index contributed by atoms with van der Waals surface area (Å²) in [5, 5.41) is 9.11. The molecule has 0 aromatic heterocycles. The summed E-state index contributed by atoms with van der Waals surface area (Å²) in [6.45, 7) is -0.652. The summed E-state index contributed by atoms with van der Waals surface area (Å²) in [6.07, 6.45) is 0. The van der Waals surface area contributed by atoms with E-state index in [0.29, 0.717) is 11.3 Å². The van der Waals surface area contributed by atoms with Crippen LogP contribution in [-0.2, 0) is 0 Å². The zero-order valence-corrected chi connectivity index (χ0v) is 7.33. The Bertz CT molecular complexity index is 291. The molecule has 1 atom stereocenters. The van der Waals surface area contributed by atoms with E-state index in [4.69, 9.17) is 15.6 Å². The van der Waals surface area contributed by atoms with Crippen molar-refractivity contribution in [2.45, 2.75) is 6.04 Å². The third-order valence-electron chi connectivity index (χ3n) is 1.78. The number of ether oxygens (including phenoxy) is 1. The van der Waals surface area contributed by atoms with Crippen LogP contribution in [0, 0.1) is 0 Å². The summed E-state index contributed by atoms with van der Waals surface area (Å²) in [6, 6.07) is 3.71. The quantitative estimate of drug-likeness (QED) is 0.747. The van der Waals surface area contributed by atoms with Crippen LogP contribution in [0.25, 0.3) is 0 Å². The highest BCUT2D eigenvalue weighted by Crippen LogP contribution is 2.27. The van der Waals surface area contributed by atoms with E-state index in [1.807, 2.05) is 0 Å². The number of aromatic hydroxyl groups is 1. The fourth-order valence-corrected chi connectivity index (χ4v) is 1.09. The molecule has 0 saturated carbocycles. The van der Waals surface area contributed by atoms with Gasteiger partial charge in [0.1, 0.15) is 18.2 Å². The summed E-state index contributed by atoms with van der Waals surface area (Å²) >= 11 is 0. The molecule has 0 aliphatic heterocycles. The van der Waals surface area contributed by atoms with Crippen LogP contribution in [0.1, 0.15) is 11.6 Å². The molecular formula is C9H12FNO2. The molecule has 0 amide bonds. The van der Waals surface area contributed by atoms with Crippen molar-refractivity contribution >= 4 is 0 Å².